The van der Waals surface area contributed by atoms with Crippen molar-refractivity contribution < 1.29 is 4.79 Å². The molecule has 1 unspecified atom stereocenters. The van der Waals surface area contributed by atoms with Crippen LogP contribution < -0.4 is 10.2 Å². The number of carbonyl (C=O) groups excluding carboxylic acids is 1. The van der Waals surface area contributed by atoms with Gasteiger partial charge in [-0.1, -0.05) is 22.0 Å². The van der Waals surface area contributed by atoms with E-state index in [4.69, 9.17) is 0 Å². The third-order valence-electron chi connectivity index (χ3n) is 5.27. The number of aliphatic imine (C=N–C) groups is 1. The fourth-order valence-electron chi connectivity index (χ4n) is 3.59. The van der Waals surface area contributed by atoms with Gasteiger partial charge in [-0.05, 0) is 54.6 Å². The van der Waals surface area contributed by atoms with Crippen molar-refractivity contribution in [3.05, 3.63) is 58.1 Å². The van der Waals surface area contributed by atoms with Crippen LogP contribution in [0.5, 0.6) is 0 Å². The van der Waals surface area contributed by atoms with Gasteiger partial charge in [0.25, 0.3) is 0 Å². The molecule has 0 aromatic heterocycles. The van der Waals surface area contributed by atoms with Gasteiger partial charge < -0.3 is 15.1 Å². The van der Waals surface area contributed by atoms with Gasteiger partial charge in [0.15, 0.2) is 0 Å². The monoisotopic (exact) mass is 426 g/mol. The second-order valence-electron chi connectivity index (χ2n) is 7.12. The Bertz CT molecular complexity index is 857. The molecule has 0 spiro atoms. The van der Waals surface area contributed by atoms with Crippen molar-refractivity contribution in [3.8, 4) is 0 Å². The first-order chi connectivity index (χ1) is 13.1. The molecule has 1 fully saturated rings. The van der Waals surface area contributed by atoms with Crippen LogP contribution in [0.4, 0.5) is 11.4 Å². The predicted octanol–water partition coefficient (Wildman–Crippen LogP) is 3.32. The first-order valence-corrected chi connectivity index (χ1v) is 10.0. The summed E-state index contributed by atoms with van der Waals surface area (Å²) in [5.41, 5.74) is 4.25. The quantitative estimate of drug-likeness (QED) is 0.765. The van der Waals surface area contributed by atoms with Gasteiger partial charge >= 0.3 is 0 Å². The summed E-state index contributed by atoms with van der Waals surface area (Å²) in [7, 11) is 2.16. The molecule has 2 aromatic carbocycles. The Morgan fingerprint density at radius 1 is 1.11 bits per heavy atom. The van der Waals surface area contributed by atoms with Crippen LogP contribution in [0.3, 0.4) is 0 Å². The number of rotatable bonds is 3. The van der Waals surface area contributed by atoms with E-state index in [0.29, 0.717) is 6.54 Å². The predicted molar refractivity (Wildman–Crippen MR) is 113 cm³/mol. The third kappa shape index (κ3) is 4.06. The van der Waals surface area contributed by atoms with Gasteiger partial charge in [-0.15, -0.1) is 0 Å². The molecular weight excluding hydrogens is 404 g/mol. The summed E-state index contributed by atoms with van der Waals surface area (Å²) in [5.74, 6) is -0.346. The molecule has 0 bridgehead atoms. The van der Waals surface area contributed by atoms with Crippen LogP contribution in [0.15, 0.2) is 51.9 Å². The largest absolute Gasteiger partial charge is 0.369 e. The molecule has 1 atom stereocenters. The molecule has 2 heterocycles. The topological polar surface area (TPSA) is 47.9 Å². The molecule has 2 aliphatic heterocycles. The lowest BCUT2D eigenvalue weighted by Crippen LogP contribution is -2.44. The normalized spacial score (nSPS) is 20.6. The van der Waals surface area contributed by atoms with Gasteiger partial charge in [0.05, 0.1) is 11.6 Å². The Kier molecular flexibility index (Phi) is 5.27. The molecule has 5 nitrogen and oxygen atoms in total. The molecular formula is C21H23BrN4O. The number of nitrogens with zero attached hydrogens (tertiary/aromatic N) is 3. The van der Waals surface area contributed by atoms with E-state index in [9.17, 15) is 4.79 Å². The Morgan fingerprint density at radius 3 is 2.59 bits per heavy atom. The zero-order chi connectivity index (χ0) is 18.8. The molecule has 1 saturated heterocycles. The first kappa shape index (κ1) is 18.2. The van der Waals surface area contributed by atoms with Gasteiger partial charge in [0, 0.05) is 49.1 Å². The Hall–Kier alpha value is -2.18. The van der Waals surface area contributed by atoms with E-state index >= 15 is 0 Å². The van der Waals surface area contributed by atoms with Crippen LogP contribution in [0.1, 0.15) is 17.0 Å². The Balaban J connectivity index is 1.49. The molecule has 27 heavy (non-hydrogen) atoms. The van der Waals surface area contributed by atoms with Crippen molar-refractivity contribution in [1.82, 2.24) is 10.2 Å². The fraction of sp³-hybridized carbons (Fsp3) is 0.333. The van der Waals surface area contributed by atoms with Crippen molar-refractivity contribution in [2.45, 2.75) is 12.5 Å². The van der Waals surface area contributed by atoms with Crippen molar-refractivity contribution in [2.75, 3.05) is 38.1 Å². The van der Waals surface area contributed by atoms with E-state index in [0.717, 1.165) is 47.5 Å². The standard InChI is InChI=1S/C21H23BrN4O/c1-25-8-10-26(11-9-25)18-5-3-17(4-6-18)23-14-20-19-7-2-16(22)12-15(19)13-24-21(20)27/h2-7,12,14,20H,8-11,13H2,1H3,(H,24,27). The van der Waals surface area contributed by atoms with Gasteiger partial charge in [-0.3, -0.25) is 9.79 Å². The number of hydrogen-bond acceptors (Lipinski definition) is 4. The van der Waals surface area contributed by atoms with Gasteiger partial charge in [-0.25, -0.2) is 0 Å². The summed E-state index contributed by atoms with van der Waals surface area (Å²) in [6.45, 7) is 4.84. The lowest BCUT2D eigenvalue weighted by molar-refractivity contribution is -0.121. The molecule has 0 radical (unpaired) electrons. The van der Waals surface area contributed by atoms with Gasteiger partial charge in [-0.2, -0.15) is 0 Å². The Morgan fingerprint density at radius 2 is 1.85 bits per heavy atom. The second-order valence-corrected chi connectivity index (χ2v) is 8.04. The SMILES string of the molecule is CN1CCN(c2ccc(N=CC3C(=O)NCc4cc(Br)ccc43)cc2)CC1. The maximum atomic E-state index is 12.3. The number of anilines is 1. The Labute approximate surface area is 168 Å². The molecule has 2 aliphatic rings. The van der Waals surface area contributed by atoms with E-state index in [2.05, 4.69) is 61.3 Å². The molecule has 1 amide bonds. The number of carbonyl (C=O) groups is 1. The minimum atomic E-state index is -0.348. The minimum absolute atomic E-state index is 0.00243. The minimum Gasteiger partial charge on any atom is -0.369 e. The van der Waals surface area contributed by atoms with Crippen LogP contribution in [-0.4, -0.2) is 50.2 Å². The summed E-state index contributed by atoms with van der Waals surface area (Å²) >= 11 is 3.49. The molecule has 6 heteroatoms. The highest BCUT2D eigenvalue weighted by Crippen LogP contribution is 2.28. The van der Waals surface area contributed by atoms with Crippen LogP contribution in [0.25, 0.3) is 0 Å². The molecule has 4 rings (SSSR count). The summed E-state index contributed by atoms with van der Waals surface area (Å²) in [5, 5.41) is 2.95. The van der Waals surface area contributed by atoms with Gasteiger partial charge in [0.2, 0.25) is 5.91 Å². The molecule has 140 valence electrons. The number of likely N-dealkylation sites (N-methyl/N-ethyl adjacent to an activating group) is 1. The number of amides is 1. The number of piperazine rings is 1. The maximum Gasteiger partial charge on any atom is 0.233 e. The molecule has 0 saturated carbocycles. The highest BCUT2D eigenvalue weighted by Gasteiger charge is 2.26. The van der Waals surface area contributed by atoms with Crippen LogP contribution >= 0.6 is 15.9 Å². The number of nitrogens with one attached hydrogen (secondary N) is 1. The smallest absolute Gasteiger partial charge is 0.233 e. The summed E-state index contributed by atoms with van der Waals surface area (Å²) in [6.07, 6.45) is 1.76. The zero-order valence-electron chi connectivity index (χ0n) is 15.4. The van der Waals surface area contributed by atoms with Crippen molar-refractivity contribution in [1.29, 1.82) is 0 Å². The van der Waals surface area contributed by atoms with Crippen molar-refractivity contribution in [3.63, 3.8) is 0 Å². The lowest BCUT2D eigenvalue weighted by atomic mass is 9.91. The highest BCUT2D eigenvalue weighted by atomic mass is 79.9. The van der Waals surface area contributed by atoms with E-state index in [1.54, 1.807) is 6.21 Å². The summed E-state index contributed by atoms with van der Waals surface area (Å²) < 4.78 is 1.02. The molecule has 0 aliphatic carbocycles. The van der Waals surface area contributed by atoms with Crippen molar-refractivity contribution in [2.24, 2.45) is 4.99 Å². The summed E-state index contributed by atoms with van der Waals surface area (Å²) in [4.78, 5) is 21.6. The summed E-state index contributed by atoms with van der Waals surface area (Å²) in [6, 6.07) is 14.3. The van der Waals surface area contributed by atoms with Crippen LogP contribution in [0.2, 0.25) is 0 Å². The fourth-order valence-corrected chi connectivity index (χ4v) is 4.00. The number of halogens is 1. The lowest BCUT2D eigenvalue weighted by Gasteiger charge is -2.34. The van der Waals surface area contributed by atoms with E-state index in [1.807, 2.05) is 24.3 Å². The third-order valence-corrected chi connectivity index (χ3v) is 5.76. The highest BCUT2D eigenvalue weighted by molar-refractivity contribution is 9.10. The zero-order valence-corrected chi connectivity index (χ0v) is 16.9. The first-order valence-electron chi connectivity index (χ1n) is 9.24. The number of benzene rings is 2. The molecule has 2 aromatic rings. The van der Waals surface area contributed by atoms with E-state index in [1.165, 1.54) is 5.69 Å². The average molecular weight is 427 g/mol. The average Bonchev–Trinajstić information content (AvgIpc) is 2.68. The second kappa shape index (κ2) is 7.82. The maximum absolute atomic E-state index is 12.3. The number of hydrogen-bond donors (Lipinski definition) is 1. The van der Waals surface area contributed by atoms with Crippen LogP contribution in [-0.2, 0) is 11.3 Å². The number of fused-ring (bicyclic) bond motifs is 1. The molecule has 1 N–H and O–H groups in total. The van der Waals surface area contributed by atoms with Gasteiger partial charge in [0.1, 0.15) is 0 Å². The van der Waals surface area contributed by atoms with Crippen LogP contribution in [0, 0.1) is 0 Å². The van der Waals surface area contributed by atoms with E-state index < -0.39 is 0 Å². The van der Waals surface area contributed by atoms with Crippen molar-refractivity contribution >= 4 is 39.4 Å². The van der Waals surface area contributed by atoms with E-state index in [-0.39, 0.29) is 11.8 Å².